The normalized spacial score (nSPS) is 16.3. The Labute approximate surface area is 87.0 Å². The molecule has 0 atom stereocenters. The second-order valence-electron chi connectivity index (χ2n) is 3.69. The van der Waals surface area contributed by atoms with Crippen LogP contribution in [0.1, 0.15) is 11.3 Å². The topological polar surface area (TPSA) is 45.5 Å². The van der Waals surface area contributed by atoms with Crippen LogP contribution in [0.3, 0.4) is 0 Å². The standard InChI is InChI=1S/C10H13FN2O2/c1-7-2-3-15-9(7)4-12-10(14)13-5-8(11)6-13/h2-3,8H,4-6H2,1H3,(H,12,14). The summed E-state index contributed by atoms with van der Waals surface area (Å²) in [7, 11) is 0. The summed E-state index contributed by atoms with van der Waals surface area (Å²) in [5.41, 5.74) is 1.00. The molecule has 0 aliphatic carbocycles. The van der Waals surface area contributed by atoms with Crippen LogP contribution >= 0.6 is 0 Å². The van der Waals surface area contributed by atoms with Crippen molar-refractivity contribution < 1.29 is 13.6 Å². The summed E-state index contributed by atoms with van der Waals surface area (Å²) >= 11 is 0. The van der Waals surface area contributed by atoms with Crippen molar-refractivity contribution in [3.05, 3.63) is 23.7 Å². The zero-order valence-electron chi connectivity index (χ0n) is 8.50. The molecule has 5 heteroatoms. The van der Waals surface area contributed by atoms with Crippen molar-refractivity contribution in [2.45, 2.75) is 19.6 Å². The van der Waals surface area contributed by atoms with E-state index in [2.05, 4.69) is 5.32 Å². The van der Waals surface area contributed by atoms with Crippen molar-refractivity contribution in [1.29, 1.82) is 0 Å². The fourth-order valence-electron chi connectivity index (χ4n) is 1.44. The van der Waals surface area contributed by atoms with Gasteiger partial charge in [-0.05, 0) is 18.6 Å². The van der Waals surface area contributed by atoms with Gasteiger partial charge in [-0.3, -0.25) is 0 Å². The Balaban J connectivity index is 1.79. The molecular weight excluding hydrogens is 199 g/mol. The zero-order valence-corrected chi connectivity index (χ0v) is 8.50. The second-order valence-corrected chi connectivity index (χ2v) is 3.69. The third kappa shape index (κ3) is 2.11. The van der Waals surface area contributed by atoms with Gasteiger partial charge in [0.2, 0.25) is 0 Å². The fraction of sp³-hybridized carbons (Fsp3) is 0.500. The van der Waals surface area contributed by atoms with Crippen LogP contribution in [0.15, 0.2) is 16.7 Å². The first-order valence-electron chi connectivity index (χ1n) is 4.86. The van der Waals surface area contributed by atoms with E-state index in [1.165, 1.54) is 4.90 Å². The minimum Gasteiger partial charge on any atom is -0.467 e. The van der Waals surface area contributed by atoms with E-state index in [-0.39, 0.29) is 19.1 Å². The molecule has 1 aromatic heterocycles. The van der Waals surface area contributed by atoms with Crippen LogP contribution in [-0.2, 0) is 6.54 Å². The molecule has 1 aromatic rings. The molecule has 0 spiro atoms. The fourth-order valence-corrected chi connectivity index (χ4v) is 1.44. The molecule has 0 unspecified atom stereocenters. The average molecular weight is 212 g/mol. The summed E-state index contributed by atoms with van der Waals surface area (Å²) in [6.07, 6.45) is 0.721. The number of halogens is 1. The van der Waals surface area contributed by atoms with Crippen LogP contribution in [0.4, 0.5) is 9.18 Å². The summed E-state index contributed by atoms with van der Waals surface area (Å²) in [6.45, 7) is 2.66. The maximum atomic E-state index is 12.5. The highest BCUT2D eigenvalue weighted by Crippen LogP contribution is 2.12. The van der Waals surface area contributed by atoms with Gasteiger partial charge in [-0.25, -0.2) is 9.18 Å². The molecule has 82 valence electrons. The Morgan fingerprint density at radius 2 is 2.47 bits per heavy atom. The van der Waals surface area contributed by atoms with E-state index in [0.29, 0.717) is 6.54 Å². The third-order valence-electron chi connectivity index (χ3n) is 2.49. The Bertz CT molecular complexity index is 358. The number of nitrogens with zero attached hydrogens (tertiary/aromatic N) is 1. The number of furan rings is 1. The molecule has 1 saturated heterocycles. The Morgan fingerprint density at radius 1 is 1.73 bits per heavy atom. The zero-order chi connectivity index (χ0) is 10.8. The lowest BCUT2D eigenvalue weighted by atomic mass is 10.2. The first-order chi connectivity index (χ1) is 7.16. The first-order valence-corrected chi connectivity index (χ1v) is 4.86. The SMILES string of the molecule is Cc1ccoc1CNC(=O)N1CC(F)C1. The minimum absolute atomic E-state index is 0.197. The van der Waals surface area contributed by atoms with Crippen molar-refractivity contribution in [2.24, 2.45) is 0 Å². The Kier molecular flexibility index (Phi) is 2.62. The highest BCUT2D eigenvalue weighted by atomic mass is 19.1. The third-order valence-corrected chi connectivity index (χ3v) is 2.49. The molecule has 0 aromatic carbocycles. The van der Waals surface area contributed by atoms with Crippen LogP contribution in [0.5, 0.6) is 0 Å². The number of aryl methyl sites for hydroxylation is 1. The average Bonchev–Trinajstić information content (AvgIpc) is 2.55. The van der Waals surface area contributed by atoms with Crippen LogP contribution in [-0.4, -0.2) is 30.2 Å². The van der Waals surface area contributed by atoms with Crippen LogP contribution < -0.4 is 5.32 Å². The van der Waals surface area contributed by atoms with Crippen LogP contribution in [0.2, 0.25) is 0 Å². The number of nitrogens with one attached hydrogen (secondary N) is 1. The molecule has 1 fully saturated rings. The molecule has 0 bridgehead atoms. The largest absolute Gasteiger partial charge is 0.467 e. The summed E-state index contributed by atoms with van der Waals surface area (Å²) in [5, 5.41) is 2.67. The number of urea groups is 1. The van der Waals surface area contributed by atoms with E-state index in [9.17, 15) is 9.18 Å². The first kappa shape index (κ1) is 10.0. The van der Waals surface area contributed by atoms with Gasteiger partial charge in [-0.1, -0.05) is 0 Å². The Hall–Kier alpha value is -1.52. The number of hydrogen-bond acceptors (Lipinski definition) is 2. The quantitative estimate of drug-likeness (QED) is 0.806. The predicted octanol–water partition coefficient (Wildman–Crippen LogP) is 1.45. The smallest absolute Gasteiger partial charge is 0.317 e. The number of amides is 2. The van der Waals surface area contributed by atoms with Crippen LogP contribution in [0, 0.1) is 6.92 Å². The van der Waals surface area contributed by atoms with Gasteiger partial charge in [0, 0.05) is 0 Å². The molecule has 1 aliphatic heterocycles. The Morgan fingerprint density at radius 3 is 3.00 bits per heavy atom. The molecule has 1 N–H and O–H groups in total. The number of hydrogen-bond donors (Lipinski definition) is 1. The van der Waals surface area contributed by atoms with Crippen LogP contribution in [0.25, 0.3) is 0 Å². The van der Waals surface area contributed by atoms with Crippen molar-refractivity contribution in [3.63, 3.8) is 0 Å². The van der Waals surface area contributed by atoms with Gasteiger partial charge >= 0.3 is 6.03 Å². The van der Waals surface area contributed by atoms with Crippen molar-refractivity contribution in [3.8, 4) is 0 Å². The molecular formula is C10H13FN2O2. The van der Waals surface area contributed by atoms with E-state index in [1.54, 1.807) is 6.26 Å². The van der Waals surface area contributed by atoms with Gasteiger partial charge in [0.05, 0.1) is 25.9 Å². The maximum Gasteiger partial charge on any atom is 0.317 e. The lowest BCUT2D eigenvalue weighted by Gasteiger charge is -2.34. The summed E-state index contributed by atoms with van der Waals surface area (Å²) in [4.78, 5) is 12.8. The highest BCUT2D eigenvalue weighted by molar-refractivity contribution is 5.75. The highest BCUT2D eigenvalue weighted by Gasteiger charge is 2.30. The van der Waals surface area contributed by atoms with Gasteiger partial charge in [0.25, 0.3) is 0 Å². The molecule has 4 nitrogen and oxygen atoms in total. The van der Waals surface area contributed by atoms with Gasteiger partial charge in [0.1, 0.15) is 11.9 Å². The van der Waals surface area contributed by atoms with E-state index < -0.39 is 6.17 Å². The number of carbonyl (C=O) groups is 1. The second kappa shape index (κ2) is 3.92. The van der Waals surface area contributed by atoms with Crippen molar-refractivity contribution in [2.75, 3.05) is 13.1 Å². The van der Waals surface area contributed by atoms with E-state index in [1.807, 2.05) is 13.0 Å². The molecule has 0 radical (unpaired) electrons. The van der Waals surface area contributed by atoms with Gasteiger partial charge in [0.15, 0.2) is 0 Å². The van der Waals surface area contributed by atoms with E-state index >= 15 is 0 Å². The predicted molar refractivity (Wildman–Crippen MR) is 52.1 cm³/mol. The molecule has 0 saturated carbocycles. The number of likely N-dealkylation sites (tertiary alicyclic amines) is 1. The van der Waals surface area contributed by atoms with Gasteiger partial charge in [-0.2, -0.15) is 0 Å². The number of alkyl halides is 1. The molecule has 2 amide bonds. The number of carbonyl (C=O) groups excluding carboxylic acids is 1. The lowest BCUT2D eigenvalue weighted by molar-refractivity contribution is 0.0894. The molecule has 1 aliphatic rings. The lowest BCUT2D eigenvalue weighted by Crippen LogP contribution is -2.54. The van der Waals surface area contributed by atoms with Crippen molar-refractivity contribution >= 4 is 6.03 Å². The summed E-state index contributed by atoms with van der Waals surface area (Å²) in [5.74, 6) is 0.737. The van der Waals surface area contributed by atoms with E-state index in [4.69, 9.17) is 4.42 Å². The van der Waals surface area contributed by atoms with Gasteiger partial charge in [-0.15, -0.1) is 0 Å². The molecule has 2 heterocycles. The maximum absolute atomic E-state index is 12.5. The van der Waals surface area contributed by atoms with Gasteiger partial charge < -0.3 is 14.6 Å². The monoisotopic (exact) mass is 212 g/mol. The van der Waals surface area contributed by atoms with Crippen molar-refractivity contribution in [1.82, 2.24) is 10.2 Å². The molecule has 2 rings (SSSR count). The minimum atomic E-state index is -0.860. The summed E-state index contributed by atoms with van der Waals surface area (Å²) in [6, 6.07) is 1.60. The summed E-state index contributed by atoms with van der Waals surface area (Å²) < 4.78 is 17.6. The number of rotatable bonds is 2. The molecule has 15 heavy (non-hydrogen) atoms. The van der Waals surface area contributed by atoms with E-state index in [0.717, 1.165) is 11.3 Å².